The van der Waals surface area contributed by atoms with Gasteiger partial charge in [-0.3, -0.25) is 4.99 Å². The summed E-state index contributed by atoms with van der Waals surface area (Å²) >= 11 is 0. The summed E-state index contributed by atoms with van der Waals surface area (Å²) in [5.74, 6) is 0.829. The SMILES string of the molecule is CC1=NCCO1.Cl. The Morgan fingerprint density at radius 3 is 2.57 bits per heavy atom. The monoisotopic (exact) mass is 121 g/mol. The van der Waals surface area contributed by atoms with E-state index in [0.717, 1.165) is 19.0 Å². The second kappa shape index (κ2) is 2.86. The smallest absolute Gasteiger partial charge is 0.180 e. The van der Waals surface area contributed by atoms with Crippen LogP contribution in [0.5, 0.6) is 0 Å². The topological polar surface area (TPSA) is 21.6 Å². The lowest BCUT2D eigenvalue weighted by Gasteiger charge is -1.86. The van der Waals surface area contributed by atoms with Gasteiger partial charge >= 0.3 is 0 Å². The molecule has 0 spiro atoms. The molecule has 1 aliphatic rings. The van der Waals surface area contributed by atoms with Gasteiger partial charge in [-0.2, -0.15) is 0 Å². The lowest BCUT2D eigenvalue weighted by molar-refractivity contribution is 0.345. The third kappa shape index (κ3) is 1.78. The molecule has 0 N–H and O–H groups in total. The fraction of sp³-hybridized carbons (Fsp3) is 0.750. The lowest BCUT2D eigenvalue weighted by atomic mass is 10.8. The standard InChI is InChI=1S/C4H7NO.ClH/c1-4-5-2-3-6-4;/h2-3H2,1H3;1H. The Morgan fingerprint density at radius 2 is 2.43 bits per heavy atom. The fourth-order valence-electron chi connectivity index (χ4n) is 0.442. The van der Waals surface area contributed by atoms with Crippen molar-refractivity contribution in [2.45, 2.75) is 6.92 Å². The number of nitrogens with zero attached hydrogens (tertiary/aromatic N) is 1. The van der Waals surface area contributed by atoms with Gasteiger partial charge in [0.05, 0.1) is 6.54 Å². The molecule has 1 heterocycles. The van der Waals surface area contributed by atoms with Gasteiger partial charge in [0.15, 0.2) is 5.90 Å². The molecule has 0 aromatic carbocycles. The van der Waals surface area contributed by atoms with E-state index in [1.165, 1.54) is 0 Å². The highest BCUT2D eigenvalue weighted by molar-refractivity contribution is 5.85. The number of halogens is 1. The Morgan fingerprint density at radius 1 is 1.71 bits per heavy atom. The van der Waals surface area contributed by atoms with Gasteiger partial charge in [0.25, 0.3) is 0 Å². The van der Waals surface area contributed by atoms with Crippen molar-refractivity contribution < 1.29 is 4.74 Å². The first-order chi connectivity index (χ1) is 2.89. The van der Waals surface area contributed by atoms with Crippen LogP contribution in [0.2, 0.25) is 0 Å². The van der Waals surface area contributed by atoms with Crippen LogP contribution in [-0.4, -0.2) is 19.0 Å². The van der Waals surface area contributed by atoms with Crippen molar-refractivity contribution in [2.24, 2.45) is 4.99 Å². The molecule has 0 radical (unpaired) electrons. The number of aliphatic imine (C=N–C) groups is 1. The minimum absolute atomic E-state index is 0. The summed E-state index contributed by atoms with van der Waals surface area (Å²) in [4.78, 5) is 3.93. The number of rotatable bonds is 0. The van der Waals surface area contributed by atoms with Crippen LogP contribution in [0.3, 0.4) is 0 Å². The maximum Gasteiger partial charge on any atom is 0.180 e. The van der Waals surface area contributed by atoms with E-state index in [9.17, 15) is 0 Å². The minimum Gasteiger partial charge on any atom is -0.479 e. The molecule has 7 heavy (non-hydrogen) atoms. The zero-order valence-corrected chi connectivity index (χ0v) is 4.99. The Hall–Kier alpha value is -0.240. The van der Waals surface area contributed by atoms with Gasteiger partial charge in [0.2, 0.25) is 0 Å². The van der Waals surface area contributed by atoms with Crippen LogP contribution in [0.25, 0.3) is 0 Å². The maximum atomic E-state index is 4.90. The van der Waals surface area contributed by atoms with E-state index in [-0.39, 0.29) is 12.4 Å². The molecule has 3 heteroatoms. The van der Waals surface area contributed by atoms with Gasteiger partial charge in [-0.25, -0.2) is 0 Å². The van der Waals surface area contributed by atoms with Crippen LogP contribution in [0, 0.1) is 0 Å². The summed E-state index contributed by atoms with van der Waals surface area (Å²) in [5.41, 5.74) is 0. The Balaban J connectivity index is 0.000000360. The van der Waals surface area contributed by atoms with Crippen molar-refractivity contribution in [2.75, 3.05) is 13.2 Å². The predicted octanol–water partition coefficient (Wildman–Crippen LogP) is 0.857. The average molecular weight is 122 g/mol. The first kappa shape index (κ1) is 6.76. The Kier molecular flexibility index (Phi) is 2.76. The molecule has 0 aromatic rings. The van der Waals surface area contributed by atoms with Gasteiger partial charge in [0, 0.05) is 6.92 Å². The first-order valence-corrected chi connectivity index (χ1v) is 2.03. The summed E-state index contributed by atoms with van der Waals surface area (Å²) < 4.78 is 4.90. The van der Waals surface area contributed by atoms with Crippen LogP contribution in [0.1, 0.15) is 6.92 Å². The van der Waals surface area contributed by atoms with E-state index < -0.39 is 0 Å². The highest BCUT2D eigenvalue weighted by Gasteiger charge is 1.96. The molecule has 0 aliphatic carbocycles. The molecule has 0 bridgehead atoms. The number of hydrogen-bond acceptors (Lipinski definition) is 2. The van der Waals surface area contributed by atoms with Gasteiger partial charge in [-0.1, -0.05) is 0 Å². The first-order valence-electron chi connectivity index (χ1n) is 2.03. The summed E-state index contributed by atoms with van der Waals surface area (Å²) in [7, 11) is 0. The highest BCUT2D eigenvalue weighted by atomic mass is 35.5. The lowest BCUT2D eigenvalue weighted by Crippen LogP contribution is -1.89. The summed E-state index contributed by atoms with van der Waals surface area (Å²) in [5, 5.41) is 0. The minimum atomic E-state index is 0. The molecular weight excluding hydrogens is 114 g/mol. The second-order valence-corrected chi connectivity index (χ2v) is 1.25. The molecule has 2 nitrogen and oxygen atoms in total. The predicted molar refractivity (Wildman–Crippen MR) is 31.2 cm³/mol. The van der Waals surface area contributed by atoms with Crippen LogP contribution in [-0.2, 0) is 4.74 Å². The zero-order chi connectivity index (χ0) is 4.41. The van der Waals surface area contributed by atoms with Gasteiger partial charge in [-0.15, -0.1) is 12.4 Å². The Bertz CT molecular complexity index is 81.8. The molecule has 0 saturated heterocycles. The normalized spacial score (nSPS) is 17.0. The maximum absolute atomic E-state index is 4.90. The largest absolute Gasteiger partial charge is 0.479 e. The van der Waals surface area contributed by atoms with Crippen molar-refractivity contribution in [3.63, 3.8) is 0 Å². The van der Waals surface area contributed by atoms with Crippen LogP contribution >= 0.6 is 12.4 Å². The third-order valence-electron chi connectivity index (χ3n) is 0.737. The fourth-order valence-corrected chi connectivity index (χ4v) is 0.442. The van der Waals surface area contributed by atoms with Crippen LogP contribution in [0.15, 0.2) is 4.99 Å². The van der Waals surface area contributed by atoms with Crippen molar-refractivity contribution in [3.8, 4) is 0 Å². The molecule has 0 atom stereocenters. The van der Waals surface area contributed by atoms with Gasteiger partial charge < -0.3 is 4.74 Å². The van der Waals surface area contributed by atoms with Crippen LogP contribution in [0.4, 0.5) is 0 Å². The molecular formula is C4H8ClNO. The van der Waals surface area contributed by atoms with E-state index in [2.05, 4.69) is 4.99 Å². The van der Waals surface area contributed by atoms with Crippen LogP contribution < -0.4 is 0 Å². The van der Waals surface area contributed by atoms with Crippen molar-refractivity contribution in [1.82, 2.24) is 0 Å². The Labute approximate surface area is 49.0 Å². The van der Waals surface area contributed by atoms with Gasteiger partial charge in [0.1, 0.15) is 6.61 Å². The quantitative estimate of drug-likeness (QED) is 0.466. The summed E-state index contributed by atoms with van der Waals surface area (Å²) in [6.45, 7) is 3.50. The molecule has 0 aromatic heterocycles. The van der Waals surface area contributed by atoms with E-state index in [1.54, 1.807) is 0 Å². The van der Waals surface area contributed by atoms with E-state index in [0.29, 0.717) is 0 Å². The van der Waals surface area contributed by atoms with Gasteiger partial charge in [-0.05, 0) is 0 Å². The molecule has 1 aliphatic heterocycles. The molecule has 1 rings (SSSR count). The molecule has 0 fully saturated rings. The highest BCUT2D eigenvalue weighted by Crippen LogP contribution is 1.89. The zero-order valence-electron chi connectivity index (χ0n) is 4.18. The van der Waals surface area contributed by atoms with E-state index in [4.69, 9.17) is 4.74 Å². The van der Waals surface area contributed by atoms with Crippen molar-refractivity contribution in [1.29, 1.82) is 0 Å². The number of ether oxygens (including phenoxy) is 1. The molecule has 42 valence electrons. The van der Waals surface area contributed by atoms with E-state index in [1.807, 2.05) is 6.92 Å². The average Bonchev–Trinajstić information content (AvgIpc) is 1.86. The van der Waals surface area contributed by atoms with Crippen molar-refractivity contribution >= 4 is 18.3 Å². The van der Waals surface area contributed by atoms with E-state index >= 15 is 0 Å². The molecule has 0 saturated carbocycles. The van der Waals surface area contributed by atoms with Crippen molar-refractivity contribution in [3.05, 3.63) is 0 Å². The third-order valence-corrected chi connectivity index (χ3v) is 0.737. The summed E-state index contributed by atoms with van der Waals surface area (Å²) in [6.07, 6.45) is 0. The molecule has 0 amide bonds. The summed E-state index contributed by atoms with van der Waals surface area (Å²) in [6, 6.07) is 0. The second-order valence-electron chi connectivity index (χ2n) is 1.25. The number of hydrogen-bond donors (Lipinski definition) is 0. The molecule has 0 unspecified atom stereocenters.